The lowest BCUT2D eigenvalue weighted by molar-refractivity contribution is -0.127. The van der Waals surface area contributed by atoms with Gasteiger partial charge in [-0.25, -0.2) is 0 Å². The van der Waals surface area contributed by atoms with E-state index in [0.717, 1.165) is 19.2 Å². The van der Waals surface area contributed by atoms with Crippen LogP contribution in [0.25, 0.3) is 0 Å². The summed E-state index contributed by atoms with van der Waals surface area (Å²) in [5.74, 6) is 0.0461. The minimum atomic E-state index is -1.33. The van der Waals surface area contributed by atoms with Gasteiger partial charge in [-0.3, -0.25) is 4.79 Å². The Morgan fingerprint density at radius 3 is 3.21 bits per heavy atom. The third kappa shape index (κ3) is 2.51. The molecule has 1 aliphatic rings. The lowest BCUT2D eigenvalue weighted by Gasteiger charge is -2.18. The summed E-state index contributed by atoms with van der Waals surface area (Å²) in [5, 5.41) is 0. The van der Waals surface area contributed by atoms with Gasteiger partial charge >= 0.3 is 0 Å². The number of ketones is 1. The Hall–Kier alpha value is 0.435. The summed E-state index contributed by atoms with van der Waals surface area (Å²) in [4.78, 5) is 11.9. The molecule has 3 unspecified atom stereocenters. The van der Waals surface area contributed by atoms with Gasteiger partial charge in [0.05, 0.1) is 19.4 Å². The predicted molar refractivity (Wildman–Crippen MR) is 62.1 cm³/mol. The summed E-state index contributed by atoms with van der Waals surface area (Å²) in [6, 6.07) is 0. The molecule has 1 aliphatic heterocycles. The molecule has 1 heterocycles. The maximum absolute atomic E-state index is 11.9. The fraction of sp³-hybridized carbons (Fsp3) is 0.875. The Labute approximate surface area is 94.4 Å². The molecule has 79 valence electrons. The second kappa shape index (κ2) is 4.97. The van der Waals surface area contributed by atoms with Gasteiger partial charge in [0.2, 0.25) is 0 Å². The van der Waals surface area contributed by atoms with E-state index in [1.165, 1.54) is 0 Å². The van der Waals surface area contributed by atoms with Crippen LogP contribution < -0.4 is 0 Å². The van der Waals surface area contributed by atoms with Crippen LogP contribution in [0.15, 0.2) is 0 Å². The van der Waals surface area contributed by atoms with Crippen molar-refractivity contribution in [3.8, 4) is 0 Å². The summed E-state index contributed by atoms with van der Waals surface area (Å²) in [6.07, 6.45) is -0.648. The van der Waals surface area contributed by atoms with Gasteiger partial charge < -0.3 is 8.92 Å². The maximum atomic E-state index is 11.9. The van der Waals surface area contributed by atoms with E-state index < -0.39 is 19.1 Å². The molecule has 0 amide bonds. The van der Waals surface area contributed by atoms with E-state index in [4.69, 9.17) is 11.5 Å². The number of hydrogen-bond donors (Lipinski definition) is 0. The number of ether oxygens (including phenoxy) is 1. The standard InChI is InChI=1S/C8H15BO3PS/c1-5-8(2,3)7(10)6(12-5)4-11-14-13-9/h5-6,9,13H,4H2,1-3H3/i9T,13D. The molecule has 0 aromatic heterocycles. The number of carbonyl (C=O) groups is 1. The predicted octanol–water partition coefficient (Wildman–Crippen LogP) is 1.44. The first-order chi connectivity index (χ1) is 7.39. The van der Waals surface area contributed by atoms with Crippen molar-refractivity contribution >= 4 is 32.6 Å². The summed E-state index contributed by atoms with van der Waals surface area (Å²) < 4.78 is 24.8. The van der Waals surface area contributed by atoms with Gasteiger partial charge in [0.1, 0.15) is 13.6 Å². The van der Waals surface area contributed by atoms with Crippen molar-refractivity contribution in [2.24, 2.45) is 5.41 Å². The molecule has 0 saturated carbocycles. The van der Waals surface area contributed by atoms with E-state index in [0.29, 0.717) is 0 Å². The van der Waals surface area contributed by atoms with E-state index in [9.17, 15) is 4.79 Å². The monoisotopic (exact) mass is 236 g/mol. The molecular weight excluding hydrogens is 218 g/mol. The van der Waals surface area contributed by atoms with E-state index in [1.807, 2.05) is 20.8 Å². The van der Waals surface area contributed by atoms with E-state index in [-0.39, 0.29) is 18.5 Å². The van der Waals surface area contributed by atoms with Gasteiger partial charge in [-0.15, -0.1) is 0 Å². The molecule has 14 heavy (non-hydrogen) atoms. The van der Waals surface area contributed by atoms with Crippen molar-refractivity contribution in [3.05, 3.63) is 0 Å². The van der Waals surface area contributed by atoms with Crippen LogP contribution in [-0.2, 0) is 13.7 Å². The van der Waals surface area contributed by atoms with Crippen molar-refractivity contribution in [3.63, 3.8) is 0 Å². The third-order valence-electron chi connectivity index (χ3n) is 2.63. The highest BCUT2D eigenvalue weighted by Gasteiger charge is 2.47. The fourth-order valence-electron chi connectivity index (χ4n) is 1.33. The maximum Gasteiger partial charge on any atom is 0.172 e. The van der Waals surface area contributed by atoms with Crippen molar-refractivity contribution in [1.82, 2.24) is 0 Å². The van der Waals surface area contributed by atoms with Crippen LogP contribution in [0.1, 0.15) is 20.8 Å². The molecule has 6 heteroatoms. The van der Waals surface area contributed by atoms with Crippen molar-refractivity contribution < 1.29 is 13.7 Å². The fourth-order valence-corrected chi connectivity index (χ4v) is 1.94. The van der Waals surface area contributed by atoms with Crippen molar-refractivity contribution in [2.75, 3.05) is 6.61 Å². The zero-order chi connectivity index (χ0) is 12.3. The summed E-state index contributed by atoms with van der Waals surface area (Å²) in [7, 11) is -0.297. The normalized spacial score (nSPS) is 34.9. The van der Waals surface area contributed by atoms with Crippen LogP contribution in [0.3, 0.4) is 0 Å². The molecule has 1 saturated heterocycles. The molecule has 3 nitrogen and oxygen atoms in total. The molecule has 1 rings (SSSR count). The molecule has 1 radical (unpaired) electrons. The van der Waals surface area contributed by atoms with E-state index >= 15 is 0 Å². The molecule has 0 aliphatic carbocycles. The first-order valence-corrected chi connectivity index (χ1v) is 6.69. The lowest BCUT2D eigenvalue weighted by atomic mass is 9.84. The van der Waals surface area contributed by atoms with Crippen LogP contribution in [0.4, 0.5) is 0 Å². The average molecular weight is 236 g/mol. The zero-order valence-corrected chi connectivity index (χ0v) is 10.2. The highest BCUT2D eigenvalue weighted by Crippen LogP contribution is 2.35. The molecule has 3 atom stereocenters. The van der Waals surface area contributed by atoms with E-state index in [2.05, 4.69) is 0 Å². The van der Waals surface area contributed by atoms with Gasteiger partial charge in [-0.05, 0) is 8.26 Å². The van der Waals surface area contributed by atoms with Gasteiger partial charge in [0.15, 0.2) is 5.78 Å². The molecule has 1 fully saturated rings. The average Bonchev–Trinajstić information content (AvgIpc) is 2.42. The summed E-state index contributed by atoms with van der Waals surface area (Å²) >= 11 is 0.923. The number of carbonyl (C=O) groups excluding carboxylic acids is 1. The van der Waals surface area contributed by atoms with Gasteiger partial charge in [0, 0.05) is 11.7 Å². The Bertz CT molecular complexity index is 270. The molecule has 0 N–H and O–H groups in total. The summed E-state index contributed by atoms with van der Waals surface area (Å²) in [6.45, 7) is 5.76. The Balaban J connectivity index is 2.38. The summed E-state index contributed by atoms with van der Waals surface area (Å²) in [5.41, 5.74) is -0.466. The van der Waals surface area contributed by atoms with E-state index in [1.54, 1.807) is 0 Å². The molecule has 0 aromatic rings. The third-order valence-corrected chi connectivity index (χ3v) is 3.53. The zero-order valence-electron chi connectivity index (χ0n) is 10.5. The first-order valence-electron chi connectivity index (χ1n) is 5.41. The molecule has 0 aromatic carbocycles. The Morgan fingerprint density at radius 1 is 2.00 bits per heavy atom. The van der Waals surface area contributed by atoms with Crippen LogP contribution in [0.2, 0.25) is 0 Å². The minimum Gasteiger partial charge on any atom is -0.364 e. The number of rotatable bonds is 5. The van der Waals surface area contributed by atoms with Crippen LogP contribution >= 0.6 is 19.3 Å². The first kappa shape index (κ1) is 9.65. The van der Waals surface area contributed by atoms with Gasteiger partial charge in [0.25, 0.3) is 0 Å². The largest absolute Gasteiger partial charge is 0.364 e. The topological polar surface area (TPSA) is 35.5 Å². The quantitative estimate of drug-likeness (QED) is 0.411. The van der Waals surface area contributed by atoms with Crippen LogP contribution in [0.5, 0.6) is 0 Å². The van der Waals surface area contributed by atoms with Gasteiger partial charge in [-0.2, -0.15) is 0 Å². The molecule has 0 spiro atoms. The number of Topliss-reactive ketones (excluding diaryl/α,β-unsaturated/α-hetero) is 1. The van der Waals surface area contributed by atoms with Gasteiger partial charge in [-0.1, -0.05) is 21.5 Å². The van der Waals surface area contributed by atoms with Crippen molar-refractivity contribution in [1.29, 1.82) is 2.61 Å². The van der Waals surface area contributed by atoms with Crippen LogP contribution in [0, 0.1) is 5.41 Å². The SMILES string of the molecule is [2H]P([B][3H])SOCC1OC(C)C(C)(C)C1=O. The second-order valence-electron chi connectivity index (χ2n) is 3.82. The Morgan fingerprint density at radius 2 is 2.71 bits per heavy atom. The lowest BCUT2D eigenvalue weighted by Crippen LogP contribution is -2.31. The smallest absolute Gasteiger partial charge is 0.172 e. The minimum absolute atomic E-state index is 0.0461. The highest BCUT2D eigenvalue weighted by atomic mass is 32.7. The molecule has 0 bridgehead atoms. The second-order valence-corrected chi connectivity index (χ2v) is 5.49. The highest BCUT2D eigenvalue weighted by molar-refractivity contribution is 8.53. The van der Waals surface area contributed by atoms with Crippen molar-refractivity contribution in [2.45, 2.75) is 33.0 Å². The Kier molecular flexibility index (Phi) is 3.43. The number of hydrogen-bond acceptors (Lipinski definition) is 4. The van der Waals surface area contributed by atoms with Crippen LogP contribution in [-0.4, -0.2) is 34.7 Å². The molecular formula is C8H15BO3PS.